The fourth-order valence-corrected chi connectivity index (χ4v) is 2.79. The first-order chi connectivity index (χ1) is 9.15. The summed E-state index contributed by atoms with van der Waals surface area (Å²) in [5, 5.41) is 16.0. The summed E-state index contributed by atoms with van der Waals surface area (Å²) in [6.45, 7) is 2.72. The normalized spacial score (nSPS) is 11.0. The zero-order valence-corrected chi connectivity index (χ0v) is 11.0. The maximum absolute atomic E-state index is 10.9. The fraction of sp³-hybridized carbons (Fsp3) is 0.154. The summed E-state index contributed by atoms with van der Waals surface area (Å²) in [7, 11) is 0. The van der Waals surface area contributed by atoms with Gasteiger partial charge in [0.05, 0.1) is 18.3 Å². The lowest BCUT2D eigenvalue weighted by molar-refractivity contribution is 0.0696. The van der Waals surface area contributed by atoms with Gasteiger partial charge in [-0.2, -0.15) is 5.10 Å². The third kappa shape index (κ3) is 2.10. The molecule has 0 unspecified atom stereocenters. The molecule has 3 aromatic rings. The van der Waals surface area contributed by atoms with E-state index in [2.05, 4.69) is 23.1 Å². The second-order valence-corrected chi connectivity index (χ2v) is 5.27. The highest BCUT2D eigenvalue weighted by Gasteiger charge is 2.10. The SMILES string of the molecule is Cc1ccsc1Cn1ncc2cc(C(=O)O)cnc21. The number of carbonyl (C=O) groups is 1. The second kappa shape index (κ2) is 4.47. The Bertz CT molecular complexity index is 760. The van der Waals surface area contributed by atoms with Crippen molar-refractivity contribution in [2.24, 2.45) is 0 Å². The second-order valence-electron chi connectivity index (χ2n) is 4.27. The van der Waals surface area contributed by atoms with E-state index in [1.165, 1.54) is 16.6 Å². The average Bonchev–Trinajstić information content (AvgIpc) is 2.97. The number of carboxylic acid groups (broad SMARTS) is 1. The largest absolute Gasteiger partial charge is 0.478 e. The number of fused-ring (bicyclic) bond motifs is 1. The van der Waals surface area contributed by atoms with Gasteiger partial charge in [-0.05, 0) is 30.0 Å². The van der Waals surface area contributed by atoms with E-state index in [0.717, 1.165) is 5.39 Å². The molecule has 96 valence electrons. The number of rotatable bonds is 3. The number of aromatic nitrogens is 3. The summed E-state index contributed by atoms with van der Waals surface area (Å²) in [6, 6.07) is 3.66. The van der Waals surface area contributed by atoms with Crippen molar-refractivity contribution in [3.8, 4) is 0 Å². The first-order valence-electron chi connectivity index (χ1n) is 5.73. The quantitative estimate of drug-likeness (QED) is 0.796. The molecule has 0 fully saturated rings. The lowest BCUT2D eigenvalue weighted by Crippen LogP contribution is -2.03. The molecule has 19 heavy (non-hydrogen) atoms. The molecule has 0 aliphatic heterocycles. The predicted molar refractivity (Wildman–Crippen MR) is 72.6 cm³/mol. The lowest BCUT2D eigenvalue weighted by atomic mass is 10.2. The van der Waals surface area contributed by atoms with Gasteiger partial charge < -0.3 is 5.11 Å². The van der Waals surface area contributed by atoms with Crippen LogP contribution in [-0.2, 0) is 6.54 Å². The molecule has 0 atom stereocenters. The highest BCUT2D eigenvalue weighted by atomic mass is 32.1. The van der Waals surface area contributed by atoms with Crippen LogP contribution in [0.3, 0.4) is 0 Å². The van der Waals surface area contributed by atoms with Gasteiger partial charge in [0.1, 0.15) is 0 Å². The van der Waals surface area contributed by atoms with Crippen LogP contribution in [0.4, 0.5) is 0 Å². The van der Waals surface area contributed by atoms with Gasteiger partial charge in [-0.25, -0.2) is 14.5 Å². The Morgan fingerprint density at radius 1 is 1.47 bits per heavy atom. The molecule has 0 aliphatic carbocycles. The Morgan fingerprint density at radius 3 is 3.00 bits per heavy atom. The van der Waals surface area contributed by atoms with Crippen LogP contribution in [0.5, 0.6) is 0 Å². The molecular formula is C13H11N3O2S. The Kier molecular flexibility index (Phi) is 2.79. The van der Waals surface area contributed by atoms with Gasteiger partial charge in [-0.15, -0.1) is 11.3 Å². The smallest absolute Gasteiger partial charge is 0.337 e. The maximum Gasteiger partial charge on any atom is 0.337 e. The molecule has 3 heterocycles. The standard InChI is InChI=1S/C13H11N3O2S/c1-8-2-3-19-11(8)7-16-12-9(6-15-16)4-10(5-14-12)13(17)18/h2-6H,7H2,1H3,(H,17,18). The van der Waals surface area contributed by atoms with E-state index in [-0.39, 0.29) is 5.56 Å². The topological polar surface area (TPSA) is 68.0 Å². The summed E-state index contributed by atoms with van der Waals surface area (Å²) in [5.41, 5.74) is 2.12. The van der Waals surface area contributed by atoms with Crippen LogP contribution in [0.2, 0.25) is 0 Å². The maximum atomic E-state index is 10.9. The Hall–Kier alpha value is -2.21. The summed E-state index contributed by atoms with van der Waals surface area (Å²) in [4.78, 5) is 16.3. The van der Waals surface area contributed by atoms with Crippen molar-refractivity contribution in [2.45, 2.75) is 13.5 Å². The highest BCUT2D eigenvalue weighted by molar-refractivity contribution is 7.10. The summed E-state index contributed by atoms with van der Waals surface area (Å²) < 4.78 is 1.79. The van der Waals surface area contributed by atoms with Crippen LogP contribution >= 0.6 is 11.3 Å². The van der Waals surface area contributed by atoms with Crippen molar-refractivity contribution in [2.75, 3.05) is 0 Å². The molecule has 0 spiro atoms. The van der Waals surface area contributed by atoms with E-state index in [4.69, 9.17) is 5.11 Å². The van der Waals surface area contributed by atoms with E-state index < -0.39 is 5.97 Å². The summed E-state index contributed by atoms with van der Waals surface area (Å²) in [6.07, 6.45) is 3.02. The Labute approximate surface area is 113 Å². The number of nitrogens with zero attached hydrogens (tertiary/aromatic N) is 3. The van der Waals surface area contributed by atoms with Crippen molar-refractivity contribution < 1.29 is 9.90 Å². The lowest BCUT2D eigenvalue weighted by Gasteiger charge is -2.02. The summed E-state index contributed by atoms with van der Waals surface area (Å²) >= 11 is 1.68. The van der Waals surface area contributed by atoms with Gasteiger partial charge in [0.2, 0.25) is 0 Å². The van der Waals surface area contributed by atoms with E-state index in [1.807, 2.05) is 5.38 Å². The molecule has 6 heteroatoms. The third-order valence-electron chi connectivity index (χ3n) is 2.98. The molecule has 3 rings (SSSR count). The van der Waals surface area contributed by atoms with E-state index >= 15 is 0 Å². The van der Waals surface area contributed by atoms with E-state index in [9.17, 15) is 4.79 Å². The van der Waals surface area contributed by atoms with Crippen LogP contribution in [0, 0.1) is 6.92 Å². The number of pyridine rings is 1. The van der Waals surface area contributed by atoms with Gasteiger partial charge in [-0.1, -0.05) is 0 Å². The van der Waals surface area contributed by atoms with Crippen LogP contribution in [0.25, 0.3) is 11.0 Å². The van der Waals surface area contributed by atoms with Crippen LogP contribution in [0.15, 0.2) is 29.9 Å². The van der Waals surface area contributed by atoms with Crippen molar-refractivity contribution >= 4 is 28.3 Å². The highest BCUT2D eigenvalue weighted by Crippen LogP contribution is 2.19. The number of hydrogen-bond donors (Lipinski definition) is 1. The molecule has 5 nitrogen and oxygen atoms in total. The van der Waals surface area contributed by atoms with E-state index in [1.54, 1.807) is 28.3 Å². The van der Waals surface area contributed by atoms with Crippen molar-refractivity contribution in [3.63, 3.8) is 0 Å². The fourth-order valence-electron chi connectivity index (χ4n) is 1.91. The molecule has 3 aromatic heterocycles. The Morgan fingerprint density at radius 2 is 2.32 bits per heavy atom. The zero-order valence-electron chi connectivity index (χ0n) is 10.2. The molecule has 0 aliphatic rings. The van der Waals surface area contributed by atoms with Gasteiger partial charge in [0.15, 0.2) is 5.65 Å². The third-order valence-corrected chi connectivity index (χ3v) is 3.99. The molecule has 0 aromatic carbocycles. The molecule has 0 saturated carbocycles. The van der Waals surface area contributed by atoms with Gasteiger partial charge in [-0.3, -0.25) is 0 Å². The zero-order chi connectivity index (χ0) is 13.4. The van der Waals surface area contributed by atoms with Gasteiger partial charge in [0.25, 0.3) is 0 Å². The molecular weight excluding hydrogens is 262 g/mol. The minimum atomic E-state index is -0.976. The molecule has 0 radical (unpaired) electrons. The van der Waals surface area contributed by atoms with Crippen LogP contribution in [-0.4, -0.2) is 25.8 Å². The van der Waals surface area contributed by atoms with Crippen LogP contribution < -0.4 is 0 Å². The first-order valence-corrected chi connectivity index (χ1v) is 6.61. The minimum absolute atomic E-state index is 0.180. The molecule has 0 saturated heterocycles. The van der Waals surface area contributed by atoms with Crippen molar-refractivity contribution in [1.82, 2.24) is 14.8 Å². The van der Waals surface area contributed by atoms with Gasteiger partial charge in [0, 0.05) is 16.5 Å². The monoisotopic (exact) mass is 273 g/mol. The molecule has 0 bridgehead atoms. The average molecular weight is 273 g/mol. The Balaban J connectivity index is 2.02. The van der Waals surface area contributed by atoms with E-state index in [0.29, 0.717) is 12.2 Å². The number of thiophene rings is 1. The number of carboxylic acids is 1. The van der Waals surface area contributed by atoms with Crippen LogP contribution in [0.1, 0.15) is 20.8 Å². The van der Waals surface area contributed by atoms with Gasteiger partial charge >= 0.3 is 5.97 Å². The molecule has 1 N–H and O–H groups in total. The van der Waals surface area contributed by atoms with Crippen molar-refractivity contribution in [3.05, 3.63) is 45.9 Å². The number of aromatic carboxylic acids is 1. The first kappa shape index (κ1) is 11.9. The van der Waals surface area contributed by atoms with Crippen molar-refractivity contribution in [1.29, 1.82) is 0 Å². The number of hydrogen-bond acceptors (Lipinski definition) is 4. The number of aryl methyl sites for hydroxylation is 1. The summed E-state index contributed by atoms with van der Waals surface area (Å²) in [5.74, 6) is -0.976. The minimum Gasteiger partial charge on any atom is -0.478 e. The predicted octanol–water partition coefficient (Wildman–Crippen LogP) is 2.55. The molecule has 0 amide bonds.